The first-order valence-corrected chi connectivity index (χ1v) is 13.8. The van der Waals surface area contributed by atoms with Crippen LogP contribution in [0.3, 0.4) is 0 Å². The van der Waals surface area contributed by atoms with Crippen LogP contribution in [0.4, 0.5) is 5.69 Å². The van der Waals surface area contributed by atoms with Crippen molar-refractivity contribution in [1.29, 1.82) is 0 Å². The molecule has 180 valence electrons. The van der Waals surface area contributed by atoms with E-state index in [1.54, 1.807) is 24.3 Å². The van der Waals surface area contributed by atoms with Crippen LogP contribution in [0, 0.1) is 5.41 Å². The smallest absolute Gasteiger partial charge is 0.195 e. The molecule has 2 aliphatic heterocycles. The van der Waals surface area contributed by atoms with E-state index in [9.17, 15) is 14.4 Å². The van der Waals surface area contributed by atoms with Gasteiger partial charge in [0, 0.05) is 27.2 Å². The average Bonchev–Trinajstić information content (AvgIpc) is 3.63. The number of hydrogen-bond donors (Lipinski definition) is 0. The van der Waals surface area contributed by atoms with Crippen molar-refractivity contribution in [3.8, 4) is 0 Å². The Kier molecular flexibility index (Phi) is 5.00. The SMILES string of the molecule is O=C(c1cccs1)[C@@H]1[C@H](c2ccc(Br)cc2)C2(C(=O)c3ccccc3C2=O)[C@@H]2C=Cc3ccccc3N12. The Bertz CT molecular complexity index is 1590. The first kappa shape index (κ1) is 22.6. The summed E-state index contributed by atoms with van der Waals surface area (Å²) in [6.45, 7) is 0. The second kappa shape index (κ2) is 8.20. The first-order valence-electron chi connectivity index (χ1n) is 12.1. The third kappa shape index (κ3) is 2.97. The van der Waals surface area contributed by atoms with Crippen LogP contribution in [-0.4, -0.2) is 29.4 Å². The summed E-state index contributed by atoms with van der Waals surface area (Å²) in [7, 11) is 0. The molecular formula is C31H20BrNO3S. The van der Waals surface area contributed by atoms with Gasteiger partial charge in [-0.25, -0.2) is 0 Å². The van der Waals surface area contributed by atoms with Crippen LogP contribution >= 0.6 is 27.3 Å². The fourth-order valence-corrected chi connectivity index (χ4v) is 7.49. The van der Waals surface area contributed by atoms with Gasteiger partial charge >= 0.3 is 0 Å². The first-order chi connectivity index (χ1) is 18.0. The minimum Gasteiger partial charge on any atom is -0.352 e. The minimum absolute atomic E-state index is 0.0774. The van der Waals surface area contributed by atoms with Crippen molar-refractivity contribution in [2.45, 2.75) is 18.0 Å². The number of para-hydroxylation sites is 1. The van der Waals surface area contributed by atoms with Crippen LogP contribution in [0.25, 0.3) is 6.08 Å². The van der Waals surface area contributed by atoms with Crippen molar-refractivity contribution in [3.05, 3.63) is 128 Å². The Morgan fingerprint density at radius 1 is 0.838 bits per heavy atom. The van der Waals surface area contributed by atoms with Gasteiger partial charge in [0.05, 0.1) is 10.9 Å². The number of anilines is 1. The van der Waals surface area contributed by atoms with E-state index in [2.05, 4.69) is 15.9 Å². The Morgan fingerprint density at radius 2 is 1.51 bits per heavy atom. The summed E-state index contributed by atoms with van der Waals surface area (Å²) < 4.78 is 0.889. The van der Waals surface area contributed by atoms with Crippen LogP contribution in [0.2, 0.25) is 0 Å². The third-order valence-electron chi connectivity index (χ3n) is 7.97. The number of nitrogens with zero attached hydrogens (tertiary/aromatic N) is 1. The second-order valence-electron chi connectivity index (χ2n) is 9.66. The van der Waals surface area contributed by atoms with E-state index in [0.29, 0.717) is 16.0 Å². The highest BCUT2D eigenvalue weighted by atomic mass is 79.9. The monoisotopic (exact) mass is 565 g/mol. The van der Waals surface area contributed by atoms with Gasteiger partial charge in [-0.15, -0.1) is 11.3 Å². The molecule has 1 aromatic heterocycles. The molecule has 0 radical (unpaired) electrons. The molecule has 0 unspecified atom stereocenters. The maximum atomic E-state index is 14.5. The van der Waals surface area contributed by atoms with Gasteiger partial charge in [0.1, 0.15) is 11.5 Å². The number of hydrogen-bond acceptors (Lipinski definition) is 5. The maximum absolute atomic E-state index is 14.5. The van der Waals surface area contributed by atoms with Gasteiger partial charge in [-0.1, -0.05) is 88.7 Å². The lowest BCUT2D eigenvalue weighted by Crippen LogP contribution is -2.48. The van der Waals surface area contributed by atoms with Crippen LogP contribution in [0.15, 0.2) is 101 Å². The van der Waals surface area contributed by atoms with E-state index in [1.807, 2.05) is 83.1 Å². The summed E-state index contributed by atoms with van der Waals surface area (Å²) in [5.74, 6) is -1.17. The summed E-state index contributed by atoms with van der Waals surface area (Å²) in [5.41, 5.74) is 2.04. The molecule has 1 saturated heterocycles. The number of benzene rings is 3. The Hall–Kier alpha value is -3.61. The molecule has 3 atom stereocenters. The molecule has 3 aromatic carbocycles. The maximum Gasteiger partial charge on any atom is 0.195 e. The molecule has 3 heterocycles. The van der Waals surface area contributed by atoms with Crippen molar-refractivity contribution < 1.29 is 14.4 Å². The van der Waals surface area contributed by atoms with Gasteiger partial charge in [-0.2, -0.15) is 0 Å². The molecule has 37 heavy (non-hydrogen) atoms. The topological polar surface area (TPSA) is 54.5 Å². The Labute approximate surface area is 226 Å². The lowest BCUT2D eigenvalue weighted by Gasteiger charge is -2.37. The number of carbonyl (C=O) groups excluding carboxylic acids is 3. The van der Waals surface area contributed by atoms with E-state index in [-0.39, 0.29) is 17.3 Å². The highest BCUT2D eigenvalue weighted by Gasteiger charge is 2.71. The van der Waals surface area contributed by atoms with E-state index in [0.717, 1.165) is 21.3 Å². The van der Waals surface area contributed by atoms with Gasteiger partial charge in [0.15, 0.2) is 17.3 Å². The summed E-state index contributed by atoms with van der Waals surface area (Å²) in [4.78, 5) is 46.0. The van der Waals surface area contributed by atoms with Gasteiger partial charge in [0.25, 0.3) is 0 Å². The summed E-state index contributed by atoms with van der Waals surface area (Å²) in [6.07, 6.45) is 3.94. The standard InChI is InChI=1S/C31H20BrNO3S/c32-20-14-11-19(12-15-20)26-27(28(34)24-10-5-17-37-24)33-23-9-4-1-6-18(23)13-16-25(33)31(26)29(35)21-7-2-3-8-22(21)30(31)36/h1-17,25-27H/t25-,26-,27-/m0/s1. The largest absolute Gasteiger partial charge is 0.352 e. The van der Waals surface area contributed by atoms with Gasteiger partial charge < -0.3 is 4.90 Å². The molecule has 0 bridgehead atoms. The predicted molar refractivity (Wildman–Crippen MR) is 149 cm³/mol. The minimum atomic E-state index is -1.46. The van der Waals surface area contributed by atoms with Crippen molar-refractivity contribution in [3.63, 3.8) is 0 Å². The number of thiophene rings is 1. The van der Waals surface area contributed by atoms with Gasteiger partial charge in [-0.05, 0) is 40.8 Å². The van der Waals surface area contributed by atoms with Gasteiger partial charge in [0.2, 0.25) is 0 Å². The molecule has 3 aliphatic rings. The molecule has 1 fully saturated rings. The van der Waals surface area contributed by atoms with Crippen LogP contribution in [0.1, 0.15) is 47.4 Å². The zero-order valence-electron chi connectivity index (χ0n) is 19.5. The van der Waals surface area contributed by atoms with Crippen molar-refractivity contribution in [1.82, 2.24) is 0 Å². The predicted octanol–water partition coefficient (Wildman–Crippen LogP) is 6.83. The number of fused-ring (bicyclic) bond motifs is 5. The van der Waals surface area contributed by atoms with Crippen molar-refractivity contribution >= 4 is 56.4 Å². The van der Waals surface area contributed by atoms with E-state index in [1.165, 1.54) is 11.3 Å². The van der Waals surface area contributed by atoms with E-state index >= 15 is 0 Å². The second-order valence-corrected chi connectivity index (χ2v) is 11.5. The molecule has 4 nitrogen and oxygen atoms in total. The molecule has 0 amide bonds. The van der Waals surface area contributed by atoms with Gasteiger partial charge in [-0.3, -0.25) is 14.4 Å². The molecular weight excluding hydrogens is 546 g/mol. The number of rotatable bonds is 3. The quantitative estimate of drug-likeness (QED) is 0.202. The summed E-state index contributed by atoms with van der Waals surface area (Å²) in [5, 5.41) is 1.88. The zero-order chi connectivity index (χ0) is 25.3. The highest BCUT2D eigenvalue weighted by Crippen LogP contribution is 2.61. The number of Topliss-reactive ketones (excluding diaryl/α,β-unsaturated/α-hetero) is 3. The molecule has 6 heteroatoms. The van der Waals surface area contributed by atoms with Crippen LogP contribution in [0.5, 0.6) is 0 Å². The molecule has 1 spiro atoms. The number of ketones is 3. The third-order valence-corrected chi connectivity index (χ3v) is 9.39. The van der Waals surface area contributed by atoms with Crippen LogP contribution < -0.4 is 4.90 Å². The fourth-order valence-electron chi connectivity index (χ4n) is 6.53. The van der Waals surface area contributed by atoms with Crippen LogP contribution in [-0.2, 0) is 0 Å². The van der Waals surface area contributed by atoms with Crippen molar-refractivity contribution in [2.75, 3.05) is 4.90 Å². The Balaban J connectivity index is 1.56. The summed E-state index contributed by atoms with van der Waals surface area (Å²) in [6, 6.07) is 25.0. The van der Waals surface area contributed by atoms with E-state index < -0.39 is 23.4 Å². The highest BCUT2D eigenvalue weighted by molar-refractivity contribution is 9.10. The average molecular weight is 566 g/mol. The number of carbonyl (C=O) groups is 3. The zero-order valence-corrected chi connectivity index (χ0v) is 21.9. The molecule has 7 rings (SSSR count). The summed E-state index contributed by atoms with van der Waals surface area (Å²) >= 11 is 4.90. The molecule has 0 saturated carbocycles. The van der Waals surface area contributed by atoms with E-state index in [4.69, 9.17) is 0 Å². The normalized spacial score (nSPS) is 22.7. The lowest BCUT2D eigenvalue weighted by molar-refractivity contribution is 0.0666. The molecule has 1 aliphatic carbocycles. The fraction of sp³-hybridized carbons (Fsp3) is 0.129. The number of halogens is 1. The Morgan fingerprint density at radius 3 is 2.19 bits per heavy atom. The van der Waals surface area contributed by atoms with Crippen molar-refractivity contribution in [2.24, 2.45) is 5.41 Å². The molecule has 0 N–H and O–H groups in total. The lowest BCUT2D eigenvalue weighted by atomic mass is 9.64. The molecule has 4 aromatic rings.